The van der Waals surface area contributed by atoms with E-state index in [1.54, 1.807) is 7.11 Å². The second kappa shape index (κ2) is 7.80. The van der Waals surface area contributed by atoms with Gasteiger partial charge in [0.15, 0.2) is 0 Å². The summed E-state index contributed by atoms with van der Waals surface area (Å²) in [5, 5.41) is 1.31. The molecule has 0 saturated carbocycles. The van der Waals surface area contributed by atoms with E-state index in [2.05, 4.69) is 37.6 Å². The van der Waals surface area contributed by atoms with Crippen LogP contribution in [0, 0.1) is 13.8 Å². The quantitative estimate of drug-likeness (QED) is 0.704. The predicted octanol–water partition coefficient (Wildman–Crippen LogP) is 4.86. The van der Waals surface area contributed by atoms with Gasteiger partial charge < -0.3 is 9.30 Å². The lowest BCUT2D eigenvalue weighted by atomic mass is 10.1. The highest BCUT2D eigenvalue weighted by molar-refractivity contribution is 5.86. The summed E-state index contributed by atoms with van der Waals surface area (Å²) in [5.74, 6) is 0.915. The van der Waals surface area contributed by atoms with Crippen LogP contribution in [0.15, 0.2) is 18.2 Å². The molecule has 1 heterocycles. The zero-order valence-corrected chi connectivity index (χ0v) is 13.1. The fourth-order valence-electron chi connectivity index (χ4n) is 1.86. The number of nitrogens with zero attached hydrogens (tertiary/aromatic N) is 1. The zero-order chi connectivity index (χ0) is 14.3. The number of aromatic nitrogens is 1. The topological polar surface area (TPSA) is 14.2 Å². The van der Waals surface area contributed by atoms with Gasteiger partial charge in [0.1, 0.15) is 5.75 Å². The Bertz CT molecular complexity index is 483. The van der Waals surface area contributed by atoms with Gasteiger partial charge in [-0.25, -0.2) is 0 Å². The lowest BCUT2D eigenvalue weighted by molar-refractivity contribution is 0.415. The van der Waals surface area contributed by atoms with Gasteiger partial charge in [-0.2, -0.15) is 0 Å². The summed E-state index contributed by atoms with van der Waals surface area (Å²) in [4.78, 5) is 0. The van der Waals surface area contributed by atoms with Crippen LogP contribution in [0.4, 0.5) is 0 Å². The van der Waals surface area contributed by atoms with Gasteiger partial charge in [-0.3, -0.25) is 0 Å². The molecule has 2 nitrogen and oxygen atoms in total. The van der Waals surface area contributed by atoms with Gasteiger partial charge in [-0.05, 0) is 31.5 Å². The SMILES string of the molecule is CC.CC.COc1ccc2c(C)c(C)n(C)c2c1. The highest BCUT2D eigenvalue weighted by Gasteiger charge is 2.08. The molecule has 0 amide bonds. The average Bonchev–Trinajstić information content (AvgIpc) is 2.68. The Balaban J connectivity index is 0.000000659. The summed E-state index contributed by atoms with van der Waals surface area (Å²) in [5.41, 5.74) is 3.90. The van der Waals surface area contributed by atoms with Gasteiger partial charge in [0.2, 0.25) is 0 Å². The van der Waals surface area contributed by atoms with Crippen molar-refractivity contribution in [1.29, 1.82) is 0 Å². The molecule has 0 N–H and O–H groups in total. The molecule has 1 aromatic heterocycles. The molecule has 0 saturated heterocycles. The van der Waals surface area contributed by atoms with E-state index in [1.807, 2.05) is 33.8 Å². The Morgan fingerprint density at radius 2 is 1.56 bits per heavy atom. The summed E-state index contributed by atoms with van der Waals surface area (Å²) in [6.07, 6.45) is 0. The largest absolute Gasteiger partial charge is 0.497 e. The molecule has 0 unspecified atom stereocenters. The summed E-state index contributed by atoms with van der Waals surface area (Å²) in [6, 6.07) is 6.21. The Kier molecular flexibility index (Phi) is 7.18. The van der Waals surface area contributed by atoms with Gasteiger partial charge in [-0.1, -0.05) is 27.7 Å². The van der Waals surface area contributed by atoms with E-state index < -0.39 is 0 Å². The minimum atomic E-state index is 0.915. The highest BCUT2D eigenvalue weighted by Crippen LogP contribution is 2.27. The first-order valence-corrected chi connectivity index (χ1v) is 6.74. The Hall–Kier alpha value is -1.44. The summed E-state index contributed by atoms with van der Waals surface area (Å²) in [6.45, 7) is 12.3. The van der Waals surface area contributed by atoms with Gasteiger partial charge >= 0.3 is 0 Å². The van der Waals surface area contributed by atoms with Crippen molar-refractivity contribution < 1.29 is 4.74 Å². The van der Waals surface area contributed by atoms with Gasteiger partial charge in [0.05, 0.1) is 12.6 Å². The van der Waals surface area contributed by atoms with E-state index in [9.17, 15) is 0 Å². The molecule has 0 aliphatic carbocycles. The van der Waals surface area contributed by atoms with E-state index in [0.29, 0.717) is 0 Å². The van der Waals surface area contributed by atoms with Crippen molar-refractivity contribution in [1.82, 2.24) is 4.57 Å². The number of fused-ring (bicyclic) bond motifs is 1. The smallest absolute Gasteiger partial charge is 0.120 e. The van der Waals surface area contributed by atoms with Crippen molar-refractivity contribution in [2.24, 2.45) is 7.05 Å². The maximum Gasteiger partial charge on any atom is 0.120 e. The molecular formula is C16H27NO. The van der Waals surface area contributed by atoms with Crippen LogP contribution >= 0.6 is 0 Å². The molecule has 2 heteroatoms. The minimum Gasteiger partial charge on any atom is -0.497 e. The molecule has 102 valence electrons. The maximum atomic E-state index is 5.21. The number of benzene rings is 1. The third-order valence-electron chi connectivity index (χ3n) is 3.02. The fraction of sp³-hybridized carbons (Fsp3) is 0.500. The molecule has 0 aliphatic rings. The van der Waals surface area contributed by atoms with Crippen LogP contribution in [0.25, 0.3) is 10.9 Å². The van der Waals surface area contributed by atoms with Crippen molar-refractivity contribution in [3.05, 3.63) is 29.5 Å². The summed E-state index contributed by atoms with van der Waals surface area (Å²) in [7, 11) is 3.79. The molecule has 2 rings (SSSR count). The van der Waals surface area contributed by atoms with Crippen LogP contribution in [0.3, 0.4) is 0 Å². The molecular weight excluding hydrogens is 222 g/mol. The van der Waals surface area contributed by atoms with Crippen LogP contribution in [-0.2, 0) is 7.05 Å². The number of hydrogen-bond donors (Lipinski definition) is 0. The van der Waals surface area contributed by atoms with Gasteiger partial charge in [0.25, 0.3) is 0 Å². The standard InChI is InChI=1S/C12H15NO.2C2H6/c1-8-9(2)13(3)12-7-10(14-4)5-6-11(8)12;2*1-2/h5-7H,1-4H3;2*1-2H3. The van der Waals surface area contributed by atoms with Crippen LogP contribution in [0.1, 0.15) is 39.0 Å². The molecule has 18 heavy (non-hydrogen) atoms. The van der Waals surface area contributed by atoms with Crippen molar-refractivity contribution in [2.75, 3.05) is 7.11 Å². The molecule has 0 aliphatic heterocycles. The third-order valence-corrected chi connectivity index (χ3v) is 3.02. The predicted molar refractivity (Wildman–Crippen MR) is 81.6 cm³/mol. The monoisotopic (exact) mass is 249 g/mol. The third kappa shape index (κ3) is 3.06. The summed E-state index contributed by atoms with van der Waals surface area (Å²) < 4.78 is 7.41. The van der Waals surface area contributed by atoms with Crippen LogP contribution in [0.2, 0.25) is 0 Å². The lowest BCUT2D eigenvalue weighted by Crippen LogP contribution is -1.90. The maximum absolute atomic E-state index is 5.21. The van der Waals surface area contributed by atoms with Crippen molar-refractivity contribution in [3.63, 3.8) is 0 Å². The first-order valence-electron chi connectivity index (χ1n) is 6.74. The fourth-order valence-corrected chi connectivity index (χ4v) is 1.86. The number of ether oxygens (including phenoxy) is 1. The number of aryl methyl sites for hydroxylation is 2. The lowest BCUT2D eigenvalue weighted by Gasteiger charge is -2.01. The Morgan fingerprint density at radius 1 is 1.00 bits per heavy atom. The van der Waals surface area contributed by atoms with Crippen LogP contribution in [-0.4, -0.2) is 11.7 Å². The number of rotatable bonds is 1. The van der Waals surface area contributed by atoms with Gasteiger partial charge in [0, 0.05) is 24.2 Å². The normalized spacial score (nSPS) is 9.11. The number of methoxy groups -OCH3 is 1. The van der Waals surface area contributed by atoms with E-state index in [-0.39, 0.29) is 0 Å². The van der Waals surface area contributed by atoms with Crippen molar-refractivity contribution in [2.45, 2.75) is 41.5 Å². The van der Waals surface area contributed by atoms with E-state index >= 15 is 0 Å². The van der Waals surface area contributed by atoms with Crippen LogP contribution < -0.4 is 4.74 Å². The average molecular weight is 249 g/mol. The summed E-state index contributed by atoms with van der Waals surface area (Å²) >= 11 is 0. The molecule has 0 radical (unpaired) electrons. The van der Waals surface area contributed by atoms with E-state index in [0.717, 1.165) is 5.75 Å². The highest BCUT2D eigenvalue weighted by atomic mass is 16.5. The first-order chi connectivity index (χ1) is 8.65. The van der Waals surface area contributed by atoms with E-state index in [1.165, 1.54) is 22.2 Å². The molecule has 0 atom stereocenters. The Morgan fingerprint density at radius 3 is 2.06 bits per heavy atom. The Labute approximate surface area is 112 Å². The van der Waals surface area contributed by atoms with Crippen LogP contribution in [0.5, 0.6) is 5.75 Å². The molecule has 0 spiro atoms. The zero-order valence-electron chi connectivity index (χ0n) is 13.1. The van der Waals surface area contributed by atoms with Crippen molar-refractivity contribution in [3.8, 4) is 5.75 Å². The second-order valence-electron chi connectivity index (χ2n) is 3.65. The second-order valence-corrected chi connectivity index (χ2v) is 3.65. The molecule has 2 aromatic rings. The minimum absolute atomic E-state index is 0.915. The van der Waals surface area contributed by atoms with Gasteiger partial charge in [-0.15, -0.1) is 0 Å². The molecule has 0 bridgehead atoms. The number of hydrogen-bond acceptors (Lipinski definition) is 1. The van der Waals surface area contributed by atoms with E-state index in [4.69, 9.17) is 4.74 Å². The molecule has 0 fully saturated rings. The first kappa shape index (κ1) is 16.6. The van der Waals surface area contributed by atoms with Crippen molar-refractivity contribution >= 4 is 10.9 Å². The molecule has 1 aromatic carbocycles.